The van der Waals surface area contributed by atoms with Crippen molar-refractivity contribution in [3.8, 4) is 5.75 Å². The Balaban J connectivity index is 1.94. The van der Waals surface area contributed by atoms with E-state index in [9.17, 15) is 9.00 Å². The van der Waals surface area contributed by atoms with Crippen molar-refractivity contribution in [3.63, 3.8) is 0 Å². The second-order valence-electron chi connectivity index (χ2n) is 4.51. The fourth-order valence-electron chi connectivity index (χ4n) is 2.14. The predicted octanol–water partition coefficient (Wildman–Crippen LogP) is 1.81. The molecular formula is C14H18O4S. The second kappa shape index (κ2) is 6.82. The largest absolute Gasteiger partial charge is 0.496 e. The van der Waals surface area contributed by atoms with E-state index in [1.54, 1.807) is 24.3 Å². The molecule has 1 heterocycles. The van der Waals surface area contributed by atoms with E-state index in [1.807, 2.05) is 0 Å². The molecule has 1 aromatic carbocycles. The van der Waals surface area contributed by atoms with E-state index in [1.165, 1.54) is 7.11 Å². The molecule has 2 rings (SSSR count). The number of ketones is 1. The van der Waals surface area contributed by atoms with Gasteiger partial charge in [-0.15, -0.1) is 0 Å². The van der Waals surface area contributed by atoms with Crippen LogP contribution < -0.4 is 4.74 Å². The normalized spacial score (nSPS) is 20.2. The smallest absolute Gasteiger partial charge is 0.179 e. The van der Waals surface area contributed by atoms with E-state index in [4.69, 9.17) is 9.47 Å². The van der Waals surface area contributed by atoms with Gasteiger partial charge in [-0.2, -0.15) is 0 Å². The van der Waals surface area contributed by atoms with Crippen LogP contribution in [0.5, 0.6) is 5.75 Å². The van der Waals surface area contributed by atoms with Crippen LogP contribution in [0.25, 0.3) is 0 Å². The fourth-order valence-corrected chi connectivity index (χ4v) is 3.38. The van der Waals surface area contributed by atoms with Gasteiger partial charge in [0.25, 0.3) is 0 Å². The molecule has 0 aliphatic carbocycles. The van der Waals surface area contributed by atoms with Crippen molar-refractivity contribution >= 4 is 16.6 Å². The number of para-hydroxylation sites is 1. The minimum atomic E-state index is -1.18. The van der Waals surface area contributed by atoms with Gasteiger partial charge in [-0.25, -0.2) is 0 Å². The summed E-state index contributed by atoms with van der Waals surface area (Å²) in [6.07, 6.45) is 2.00. The minimum absolute atomic E-state index is 0.0280. The van der Waals surface area contributed by atoms with E-state index in [0.29, 0.717) is 17.1 Å². The van der Waals surface area contributed by atoms with E-state index < -0.39 is 10.8 Å². The molecule has 0 bridgehead atoms. The zero-order valence-corrected chi connectivity index (χ0v) is 11.8. The summed E-state index contributed by atoms with van der Waals surface area (Å²) in [7, 11) is 0.342. The number of carbonyl (C=O) groups is 1. The van der Waals surface area contributed by atoms with Gasteiger partial charge in [-0.1, -0.05) is 12.1 Å². The van der Waals surface area contributed by atoms with Crippen LogP contribution in [0.2, 0.25) is 0 Å². The topological polar surface area (TPSA) is 52.6 Å². The number of benzene rings is 1. The van der Waals surface area contributed by atoms with Crippen LogP contribution in [0.15, 0.2) is 24.3 Å². The molecule has 0 spiro atoms. The Kier molecular flexibility index (Phi) is 5.10. The summed E-state index contributed by atoms with van der Waals surface area (Å²) in [4.78, 5) is 12.1. The standard InChI is InChI=1S/C14H18O4S/c1-17-14-7-3-2-6-12(14)13(15)10-19(16)9-11-5-4-8-18-11/h2-3,6-7,11H,4-5,8-10H2,1H3. The third-order valence-corrected chi connectivity index (χ3v) is 4.42. The van der Waals surface area contributed by atoms with Gasteiger partial charge in [0.05, 0.1) is 30.3 Å². The Morgan fingerprint density at radius 1 is 1.47 bits per heavy atom. The molecule has 5 heteroatoms. The molecule has 4 nitrogen and oxygen atoms in total. The average Bonchev–Trinajstić information content (AvgIpc) is 2.91. The molecule has 0 saturated carbocycles. The number of hydrogen-bond acceptors (Lipinski definition) is 4. The van der Waals surface area contributed by atoms with Gasteiger partial charge in [0.15, 0.2) is 5.78 Å². The number of rotatable bonds is 6. The number of ether oxygens (including phenoxy) is 2. The van der Waals surface area contributed by atoms with E-state index in [-0.39, 0.29) is 17.6 Å². The summed E-state index contributed by atoms with van der Waals surface area (Å²) in [6.45, 7) is 0.738. The lowest BCUT2D eigenvalue weighted by Gasteiger charge is -2.10. The van der Waals surface area contributed by atoms with E-state index in [0.717, 1.165) is 19.4 Å². The molecule has 2 atom stereocenters. The van der Waals surface area contributed by atoms with Gasteiger partial charge in [0.2, 0.25) is 0 Å². The third kappa shape index (κ3) is 3.88. The van der Waals surface area contributed by atoms with Gasteiger partial charge >= 0.3 is 0 Å². The molecule has 0 radical (unpaired) electrons. The lowest BCUT2D eigenvalue weighted by atomic mass is 10.1. The van der Waals surface area contributed by atoms with Crippen molar-refractivity contribution < 1.29 is 18.5 Å². The Morgan fingerprint density at radius 2 is 2.26 bits per heavy atom. The number of carbonyl (C=O) groups excluding carboxylic acids is 1. The van der Waals surface area contributed by atoms with Crippen molar-refractivity contribution in [1.82, 2.24) is 0 Å². The lowest BCUT2D eigenvalue weighted by molar-refractivity contribution is 0.101. The van der Waals surface area contributed by atoms with Crippen LogP contribution in [0.1, 0.15) is 23.2 Å². The molecule has 0 amide bonds. The van der Waals surface area contributed by atoms with Crippen molar-refractivity contribution in [1.29, 1.82) is 0 Å². The molecular weight excluding hydrogens is 264 g/mol. The van der Waals surface area contributed by atoms with E-state index in [2.05, 4.69) is 0 Å². The molecule has 0 N–H and O–H groups in total. The maximum Gasteiger partial charge on any atom is 0.179 e. The maximum absolute atomic E-state index is 12.1. The van der Waals surface area contributed by atoms with Crippen LogP contribution >= 0.6 is 0 Å². The maximum atomic E-state index is 12.1. The fraction of sp³-hybridized carbons (Fsp3) is 0.500. The number of Topliss-reactive ketones (excluding diaryl/α,β-unsaturated/α-hetero) is 1. The Labute approximate surface area is 115 Å². The Hall–Kier alpha value is -1.20. The van der Waals surface area contributed by atoms with Gasteiger partial charge in [0.1, 0.15) is 5.75 Å². The molecule has 1 aliphatic heterocycles. The Morgan fingerprint density at radius 3 is 2.95 bits per heavy atom. The zero-order chi connectivity index (χ0) is 13.7. The van der Waals surface area contributed by atoms with Crippen molar-refractivity contribution in [3.05, 3.63) is 29.8 Å². The molecule has 1 aliphatic rings. The molecule has 104 valence electrons. The lowest BCUT2D eigenvalue weighted by Crippen LogP contribution is -2.21. The first-order valence-corrected chi connectivity index (χ1v) is 7.82. The van der Waals surface area contributed by atoms with Gasteiger partial charge < -0.3 is 9.47 Å². The van der Waals surface area contributed by atoms with Gasteiger partial charge in [-0.05, 0) is 25.0 Å². The molecule has 1 fully saturated rings. The van der Waals surface area contributed by atoms with Crippen molar-refractivity contribution in [2.24, 2.45) is 0 Å². The van der Waals surface area contributed by atoms with E-state index >= 15 is 0 Å². The quantitative estimate of drug-likeness (QED) is 0.747. The number of methoxy groups -OCH3 is 1. The summed E-state index contributed by atoms with van der Waals surface area (Å²) in [5, 5.41) is 0. The molecule has 1 aromatic rings. The number of hydrogen-bond donors (Lipinski definition) is 0. The highest BCUT2D eigenvalue weighted by molar-refractivity contribution is 7.85. The summed E-state index contributed by atoms with van der Waals surface area (Å²) in [6, 6.07) is 7.01. The van der Waals surface area contributed by atoms with Crippen LogP contribution in [0.4, 0.5) is 0 Å². The summed E-state index contributed by atoms with van der Waals surface area (Å²) in [5.74, 6) is 0.858. The first-order chi connectivity index (χ1) is 9.20. The Bertz CT molecular complexity index is 466. The van der Waals surface area contributed by atoms with Crippen LogP contribution in [-0.2, 0) is 15.5 Å². The predicted molar refractivity (Wildman–Crippen MR) is 74.2 cm³/mol. The highest BCUT2D eigenvalue weighted by Gasteiger charge is 2.21. The van der Waals surface area contributed by atoms with Crippen LogP contribution in [0, 0.1) is 0 Å². The summed E-state index contributed by atoms with van der Waals surface area (Å²) >= 11 is 0. The van der Waals surface area contributed by atoms with Gasteiger partial charge in [-0.3, -0.25) is 9.00 Å². The third-order valence-electron chi connectivity index (χ3n) is 3.10. The average molecular weight is 282 g/mol. The minimum Gasteiger partial charge on any atom is -0.496 e. The van der Waals surface area contributed by atoms with Crippen molar-refractivity contribution in [2.75, 3.05) is 25.2 Å². The SMILES string of the molecule is COc1ccccc1C(=O)CS(=O)CC1CCCO1. The van der Waals surface area contributed by atoms with Gasteiger partial charge in [0, 0.05) is 17.4 Å². The summed E-state index contributed by atoms with van der Waals surface area (Å²) < 4.78 is 22.5. The van der Waals surface area contributed by atoms with Crippen LogP contribution in [0.3, 0.4) is 0 Å². The second-order valence-corrected chi connectivity index (χ2v) is 6.01. The first-order valence-electron chi connectivity index (χ1n) is 6.33. The molecule has 0 aromatic heterocycles. The van der Waals surface area contributed by atoms with Crippen molar-refractivity contribution in [2.45, 2.75) is 18.9 Å². The van der Waals surface area contributed by atoms with Crippen LogP contribution in [-0.4, -0.2) is 41.3 Å². The summed E-state index contributed by atoms with van der Waals surface area (Å²) in [5.41, 5.74) is 0.491. The zero-order valence-electron chi connectivity index (χ0n) is 11.0. The molecule has 19 heavy (non-hydrogen) atoms. The highest BCUT2D eigenvalue weighted by atomic mass is 32.2. The molecule has 2 unspecified atom stereocenters. The first kappa shape index (κ1) is 14.2. The highest BCUT2D eigenvalue weighted by Crippen LogP contribution is 2.19. The molecule has 1 saturated heterocycles. The monoisotopic (exact) mass is 282 g/mol.